The fourth-order valence-corrected chi connectivity index (χ4v) is 1.83. The van der Waals surface area contributed by atoms with Gasteiger partial charge in [-0.3, -0.25) is 4.79 Å². The normalized spacial score (nSPS) is 12.5. The molecule has 0 bridgehead atoms. The molecule has 1 unspecified atom stereocenters. The van der Waals surface area contributed by atoms with Gasteiger partial charge in [0.15, 0.2) is 0 Å². The van der Waals surface area contributed by atoms with E-state index < -0.39 is 0 Å². The maximum Gasteiger partial charge on any atom is 0.220 e. The van der Waals surface area contributed by atoms with E-state index in [0.29, 0.717) is 6.42 Å². The van der Waals surface area contributed by atoms with Gasteiger partial charge in [-0.25, -0.2) is 0 Å². The van der Waals surface area contributed by atoms with Crippen molar-refractivity contribution >= 4 is 17.7 Å². The van der Waals surface area contributed by atoms with Gasteiger partial charge < -0.3 is 11.1 Å². The average molecular weight is 218 g/mol. The first kappa shape index (κ1) is 13.8. The summed E-state index contributed by atoms with van der Waals surface area (Å²) in [5.41, 5.74) is 5.36. The summed E-state index contributed by atoms with van der Waals surface area (Å²) in [6.07, 6.45) is 5.71. The molecular formula is C10H22N2OS. The predicted octanol–water partition coefficient (Wildman–Crippen LogP) is 1.37. The van der Waals surface area contributed by atoms with Crippen molar-refractivity contribution in [1.29, 1.82) is 0 Å². The maximum atomic E-state index is 11.3. The zero-order valence-electron chi connectivity index (χ0n) is 9.21. The van der Waals surface area contributed by atoms with Crippen molar-refractivity contribution in [2.75, 3.05) is 18.6 Å². The molecule has 0 rings (SSSR count). The summed E-state index contributed by atoms with van der Waals surface area (Å²) in [4.78, 5) is 11.3. The number of nitrogens with one attached hydrogen (secondary N) is 1. The molecule has 14 heavy (non-hydrogen) atoms. The van der Waals surface area contributed by atoms with Crippen LogP contribution in [0.1, 0.15) is 32.6 Å². The largest absolute Gasteiger partial charge is 0.353 e. The van der Waals surface area contributed by atoms with E-state index in [-0.39, 0.29) is 11.9 Å². The van der Waals surface area contributed by atoms with Crippen molar-refractivity contribution in [2.24, 2.45) is 5.73 Å². The van der Waals surface area contributed by atoms with E-state index in [0.717, 1.165) is 31.6 Å². The van der Waals surface area contributed by atoms with Crippen LogP contribution in [0.3, 0.4) is 0 Å². The highest BCUT2D eigenvalue weighted by atomic mass is 32.2. The van der Waals surface area contributed by atoms with Gasteiger partial charge in [-0.1, -0.05) is 6.42 Å². The predicted molar refractivity (Wildman–Crippen MR) is 63.5 cm³/mol. The van der Waals surface area contributed by atoms with Gasteiger partial charge in [0.2, 0.25) is 5.91 Å². The van der Waals surface area contributed by atoms with Gasteiger partial charge in [-0.05, 0) is 32.6 Å². The fourth-order valence-electron chi connectivity index (χ4n) is 1.25. The van der Waals surface area contributed by atoms with Crippen LogP contribution < -0.4 is 11.1 Å². The average Bonchev–Trinajstić information content (AvgIpc) is 2.13. The smallest absolute Gasteiger partial charge is 0.220 e. The van der Waals surface area contributed by atoms with Gasteiger partial charge in [-0.2, -0.15) is 11.8 Å². The zero-order valence-corrected chi connectivity index (χ0v) is 10.0. The molecule has 0 aliphatic rings. The summed E-state index contributed by atoms with van der Waals surface area (Å²) in [5.74, 6) is 1.15. The van der Waals surface area contributed by atoms with Crippen molar-refractivity contribution < 1.29 is 4.79 Å². The minimum atomic E-state index is 0.170. The molecule has 3 N–H and O–H groups in total. The molecule has 0 fully saturated rings. The summed E-state index contributed by atoms with van der Waals surface area (Å²) in [7, 11) is 0. The molecule has 0 aromatic heterocycles. The molecule has 0 aliphatic heterocycles. The van der Waals surface area contributed by atoms with Crippen LogP contribution in [0.5, 0.6) is 0 Å². The SMILES string of the molecule is CSCC(C)NC(=O)CCCCCN. The number of hydrogen-bond donors (Lipinski definition) is 2. The van der Waals surface area contributed by atoms with Crippen molar-refractivity contribution in [3.05, 3.63) is 0 Å². The number of amides is 1. The van der Waals surface area contributed by atoms with Crippen molar-refractivity contribution in [2.45, 2.75) is 38.6 Å². The Kier molecular flexibility index (Phi) is 9.19. The number of rotatable bonds is 8. The van der Waals surface area contributed by atoms with E-state index in [1.807, 2.05) is 13.2 Å². The summed E-state index contributed by atoms with van der Waals surface area (Å²) >= 11 is 1.75. The standard InChI is InChI=1S/C10H22N2OS/c1-9(8-14-2)12-10(13)6-4-3-5-7-11/h9H,3-8,11H2,1-2H3,(H,12,13). The molecule has 3 nitrogen and oxygen atoms in total. The van der Waals surface area contributed by atoms with E-state index in [1.54, 1.807) is 11.8 Å². The maximum absolute atomic E-state index is 11.3. The molecule has 0 aliphatic carbocycles. The van der Waals surface area contributed by atoms with E-state index in [4.69, 9.17) is 5.73 Å². The van der Waals surface area contributed by atoms with Crippen LogP contribution in [0.4, 0.5) is 0 Å². The lowest BCUT2D eigenvalue weighted by molar-refractivity contribution is -0.121. The third-order valence-electron chi connectivity index (χ3n) is 1.93. The van der Waals surface area contributed by atoms with Crippen molar-refractivity contribution in [3.63, 3.8) is 0 Å². The second kappa shape index (κ2) is 9.34. The Balaban J connectivity index is 3.35. The van der Waals surface area contributed by atoms with Crippen LogP contribution in [0.25, 0.3) is 0 Å². The van der Waals surface area contributed by atoms with E-state index in [1.165, 1.54) is 0 Å². The highest BCUT2D eigenvalue weighted by molar-refractivity contribution is 7.98. The Morgan fingerprint density at radius 3 is 2.71 bits per heavy atom. The van der Waals surface area contributed by atoms with E-state index >= 15 is 0 Å². The summed E-state index contributed by atoms with van der Waals surface area (Å²) < 4.78 is 0. The molecule has 0 saturated carbocycles. The number of hydrogen-bond acceptors (Lipinski definition) is 3. The first-order chi connectivity index (χ1) is 6.70. The van der Waals surface area contributed by atoms with Gasteiger partial charge >= 0.3 is 0 Å². The van der Waals surface area contributed by atoms with Gasteiger partial charge in [-0.15, -0.1) is 0 Å². The first-order valence-corrected chi connectivity index (χ1v) is 6.58. The monoisotopic (exact) mass is 218 g/mol. The minimum Gasteiger partial charge on any atom is -0.353 e. The zero-order chi connectivity index (χ0) is 10.8. The molecule has 1 amide bonds. The third kappa shape index (κ3) is 8.38. The highest BCUT2D eigenvalue weighted by Gasteiger charge is 2.05. The van der Waals surface area contributed by atoms with Crippen LogP contribution in [0.15, 0.2) is 0 Å². The summed E-state index contributed by atoms with van der Waals surface area (Å²) in [6.45, 7) is 2.76. The minimum absolute atomic E-state index is 0.170. The summed E-state index contributed by atoms with van der Waals surface area (Å²) in [5, 5.41) is 2.97. The molecule has 84 valence electrons. The topological polar surface area (TPSA) is 55.1 Å². The molecular weight excluding hydrogens is 196 g/mol. The lowest BCUT2D eigenvalue weighted by atomic mass is 10.2. The second-order valence-corrected chi connectivity index (χ2v) is 4.43. The lowest BCUT2D eigenvalue weighted by Crippen LogP contribution is -2.33. The van der Waals surface area contributed by atoms with Crippen LogP contribution in [-0.4, -0.2) is 30.5 Å². The number of carbonyl (C=O) groups excluding carboxylic acids is 1. The van der Waals surface area contributed by atoms with Gasteiger partial charge in [0.1, 0.15) is 0 Å². The first-order valence-electron chi connectivity index (χ1n) is 5.19. The Morgan fingerprint density at radius 1 is 1.43 bits per heavy atom. The van der Waals surface area contributed by atoms with Gasteiger partial charge in [0.25, 0.3) is 0 Å². The molecule has 0 radical (unpaired) electrons. The molecule has 0 saturated heterocycles. The number of carbonyl (C=O) groups is 1. The molecule has 0 aromatic rings. The third-order valence-corrected chi connectivity index (χ3v) is 2.77. The van der Waals surface area contributed by atoms with Crippen LogP contribution >= 0.6 is 11.8 Å². The molecule has 1 atom stereocenters. The Hall–Kier alpha value is -0.220. The second-order valence-electron chi connectivity index (χ2n) is 3.52. The van der Waals surface area contributed by atoms with E-state index in [2.05, 4.69) is 5.32 Å². The molecule has 0 spiro atoms. The number of thioether (sulfide) groups is 1. The van der Waals surface area contributed by atoms with Gasteiger partial charge in [0.05, 0.1) is 0 Å². The van der Waals surface area contributed by atoms with Crippen LogP contribution in [-0.2, 0) is 4.79 Å². The molecule has 4 heteroatoms. The number of nitrogens with two attached hydrogens (primary N) is 1. The van der Waals surface area contributed by atoms with E-state index in [9.17, 15) is 4.79 Å². The van der Waals surface area contributed by atoms with Crippen molar-refractivity contribution in [1.82, 2.24) is 5.32 Å². The van der Waals surface area contributed by atoms with Crippen LogP contribution in [0, 0.1) is 0 Å². The summed E-state index contributed by atoms with van der Waals surface area (Å²) in [6, 6.07) is 0.284. The Bertz CT molecular complexity index is 153. The Labute approximate surface area is 91.2 Å². The quantitative estimate of drug-likeness (QED) is 0.605. The molecule has 0 heterocycles. The highest BCUT2D eigenvalue weighted by Crippen LogP contribution is 2.00. The van der Waals surface area contributed by atoms with Crippen molar-refractivity contribution in [3.8, 4) is 0 Å². The van der Waals surface area contributed by atoms with Gasteiger partial charge in [0, 0.05) is 18.2 Å². The number of unbranched alkanes of at least 4 members (excludes halogenated alkanes) is 2. The lowest BCUT2D eigenvalue weighted by Gasteiger charge is -2.11. The Morgan fingerprint density at radius 2 is 2.14 bits per heavy atom. The van der Waals surface area contributed by atoms with Crippen LogP contribution in [0.2, 0.25) is 0 Å². The fraction of sp³-hybridized carbons (Fsp3) is 0.900. The molecule has 0 aromatic carbocycles.